The number of aliphatic hydroxyl groups excluding tert-OH is 1. The molecule has 1 aliphatic rings. The summed E-state index contributed by atoms with van der Waals surface area (Å²) in [6, 6.07) is 5.10. The van der Waals surface area contributed by atoms with Crippen LogP contribution < -0.4 is 5.32 Å². The number of carbonyl (C=O) groups excluding carboxylic acids is 1. The van der Waals surface area contributed by atoms with Crippen molar-refractivity contribution >= 4 is 58.0 Å². The minimum atomic E-state index is -0.988. The fourth-order valence-electron chi connectivity index (χ4n) is 2.63. The first kappa shape index (κ1) is 15.9. The van der Waals surface area contributed by atoms with E-state index in [1.54, 1.807) is 18.2 Å². The van der Waals surface area contributed by atoms with Crippen molar-refractivity contribution in [1.29, 1.82) is 0 Å². The van der Waals surface area contributed by atoms with Crippen LogP contribution in [0.3, 0.4) is 0 Å². The van der Waals surface area contributed by atoms with Crippen LogP contribution in [0.1, 0.15) is 24.2 Å². The summed E-state index contributed by atoms with van der Waals surface area (Å²) in [4.78, 5) is 11.3. The second-order valence-corrected chi connectivity index (χ2v) is 6.49. The topological polar surface area (TPSA) is 49.3 Å². The molecule has 3 nitrogen and oxygen atoms in total. The van der Waals surface area contributed by atoms with Crippen LogP contribution in [0.15, 0.2) is 18.2 Å². The van der Waals surface area contributed by atoms with Crippen LogP contribution >= 0.6 is 46.4 Å². The summed E-state index contributed by atoms with van der Waals surface area (Å²) in [7, 11) is 0. The highest BCUT2D eigenvalue weighted by Crippen LogP contribution is 2.55. The standard InChI is InChI=1S/C15H9Cl4NO2/c1-5(21)20-14-12(18)10-9(11(17)13(14)19)7-3-2-6(16)4-8(7)15(10)22/h2-4,15,22H,1H3,(H,20,21)/t15-/m0/s1. The molecule has 0 saturated heterocycles. The predicted octanol–water partition coefficient (Wildman–Crippen LogP) is 5.32. The number of rotatable bonds is 1. The molecule has 1 aliphatic carbocycles. The van der Waals surface area contributed by atoms with Gasteiger partial charge in [-0.25, -0.2) is 0 Å². The van der Waals surface area contributed by atoms with E-state index < -0.39 is 6.10 Å². The highest BCUT2D eigenvalue weighted by atomic mass is 35.5. The molecule has 1 amide bonds. The van der Waals surface area contributed by atoms with Crippen molar-refractivity contribution in [2.45, 2.75) is 13.0 Å². The van der Waals surface area contributed by atoms with Crippen LogP contribution in [0, 0.1) is 0 Å². The monoisotopic (exact) mass is 375 g/mol. The number of nitrogens with one attached hydrogen (secondary N) is 1. The number of hydrogen-bond donors (Lipinski definition) is 2. The SMILES string of the molecule is CC(=O)Nc1c(Cl)c(Cl)c2c(c1Cl)[C@@H](O)c1cc(Cl)ccc1-2. The Labute approximate surface area is 146 Å². The Morgan fingerprint density at radius 1 is 1.14 bits per heavy atom. The van der Waals surface area contributed by atoms with Crippen molar-refractivity contribution in [3.8, 4) is 11.1 Å². The van der Waals surface area contributed by atoms with Gasteiger partial charge in [-0.05, 0) is 23.3 Å². The van der Waals surface area contributed by atoms with E-state index in [0.717, 1.165) is 5.56 Å². The van der Waals surface area contributed by atoms with Crippen LogP contribution in [0.25, 0.3) is 11.1 Å². The third kappa shape index (κ3) is 2.29. The van der Waals surface area contributed by atoms with Crippen molar-refractivity contribution < 1.29 is 9.90 Å². The zero-order valence-electron chi connectivity index (χ0n) is 11.2. The van der Waals surface area contributed by atoms with Crippen molar-refractivity contribution in [3.05, 3.63) is 49.4 Å². The fraction of sp³-hybridized carbons (Fsp3) is 0.133. The van der Waals surface area contributed by atoms with Gasteiger partial charge in [-0.15, -0.1) is 0 Å². The summed E-state index contributed by atoms with van der Waals surface area (Å²) < 4.78 is 0. The lowest BCUT2D eigenvalue weighted by atomic mass is 10.0. The summed E-state index contributed by atoms with van der Waals surface area (Å²) in [5.41, 5.74) is 2.48. The van der Waals surface area contributed by atoms with E-state index in [0.29, 0.717) is 21.7 Å². The van der Waals surface area contributed by atoms with Gasteiger partial charge in [-0.1, -0.05) is 52.5 Å². The van der Waals surface area contributed by atoms with Gasteiger partial charge in [-0.2, -0.15) is 0 Å². The Kier molecular flexibility index (Phi) is 4.04. The van der Waals surface area contributed by atoms with Crippen LogP contribution in [-0.2, 0) is 4.79 Å². The van der Waals surface area contributed by atoms with Gasteiger partial charge in [0.25, 0.3) is 0 Å². The molecule has 3 rings (SSSR count). The normalized spacial score (nSPS) is 15.5. The summed E-state index contributed by atoms with van der Waals surface area (Å²) in [6.07, 6.45) is -0.988. The first-order valence-corrected chi connectivity index (χ1v) is 7.80. The number of anilines is 1. The van der Waals surface area contributed by atoms with E-state index in [1.165, 1.54) is 6.92 Å². The quantitative estimate of drug-likeness (QED) is 0.661. The molecule has 0 saturated carbocycles. The maximum Gasteiger partial charge on any atom is 0.221 e. The van der Waals surface area contributed by atoms with Gasteiger partial charge in [0.15, 0.2) is 0 Å². The zero-order chi connectivity index (χ0) is 16.2. The van der Waals surface area contributed by atoms with E-state index in [1.807, 2.05) is 0 Å². The molecule has 0 aromatic heterocycles. The molecule has 7 heteroatoms. The Morgan fingerprint density at radius 3 is 2.45 bits per heavy atom. The first-order valence-electron chi connectivity index (χ1n) is 6.28. The Morgan fingerprint density at radius 2 is 1.82 bits per heavy atom. The maximum atomic E-state index is 11.3. The first-order chi connectivity index (χ1) is 10.3. The number of carbonyl (C=O) groups is 1. The molecule has 22 heavy (non-hydrogen) atoms. The number of halogens is 4. The molecule has 114 valence electrons. The van der Waals surface area contributed by atoms with Crippen LogP contribution in [0.2, 0.25) is 20.1 Å². The van der Waals surface area contributed by atoms with Gasteiger partial charge in [0.05, 0.1) is 20.8 Å². The van der Waals surface area contributed by atoms with Gasteiger partial charge in [0.2, 0.25) is 5.91 Å². The molecule has 0 unspecified atom stereocenters. The van der Waals surface area contributed by atoms with E-state index in [9.17, 15) is 9.90 Å². The smallest absolute Gasteiger partial charge is 0.221 e. The van der Waals surface area contributed by atoms with E-state index in [2.05, 4.69) is 5.32 Å². The Bertz CT molecular complexity index is 820. The fourth-order valence-corrected chi connectivity index (χ4v) is 3.73. The van der Waals surface area contributed by atoms with Crippen molar-refractivity contribution in [3.63, 3.8) is 0 Å². The van der Waals surface area contributed by atoms with E-state index in [-0.39, 0.29) is 26.7 Å². The third-order valence-corrected chi connectivity index (χ3v) is 4.99. The van der Waals surface area contributed by atoms with E-state index in [4.69, 9.17) is 46.4 Å². The lowest BCUT2D eigenvalue weighted by Gasteiger charge is -2.16. The molecule has 0 aliphatic heterocycles. The third-order valence-electron chi connectivity index (χ3n) is 3.51. The highest BCUT2D eigenvalue weighted by Gasteiger charge is 2.35. The molecular formula is C15H9Cl4NO2. The molecule has 1 atom stereocenters. The molecule has 0 heterocycles. The highest BCUT2D eigenvalue weighted by molar-refractivity contribution is 6.49. The largest absolute Gasteiger partial charge is 0.384 e. The summed E-state index contributed by atoms with van der Waals surface area (Å²) >= 11 is 24.9. The van der Waals surface area contributed by atoms with Crippen molar-refractivity contribution in [2.75, 3.05) is 5.32 Å². The van der Waals surface area contributed by atoms with Gasteiger partial charge >= 0.3 is 0 Å². The van der Waals surface area contributed by atoms with Gasteiger partial charge in [0.1, 0.15) is 6.10 Å². The van der Waals surface area contributed by atoms with Gasteiger partial charge < -0.3 is 10.4 Å². The molecule has 2 N–H and O–H groups in total. The Balaban J connectivity index is 2.34. The molecule has 2 aromatic rings. The number of fused-ring (bicyclic) bond motifs is 3. The average molecular weight is 377 g/mol. The van der Waals surface area contributed by atoms with Crippen LogP contribution in [0.5, 0.6) is 0 Å². The minimum Gasteiger partial charge on any atom is -0.384 e. The van der Waals surface area contributed by atoms with Gasteiger partial charge in [-0.3, -0.25) is 4.79 Å². The second-order valence-electron chi connectivity index (χ2n) is 4.92. The molecule has 0 bridgehead atoms. The molecule has 2 aromatic carbocycles. The van der Waals surface area contributed by atoms with E-state index >= 15 is 0 Å². The number of hydrogen-bond acceptors (Lipinski definition) is 2. The number of aliphatic hydroxyl groups is 1. The van der Waals surface area contributed by atoms with Crippen LogP contribution in [0.4, 0.5) is 5.69 Å². The molecular weight excluding hydrogens is 368 g/mol. The predicted molar refractivity (Wildman–Crippen MR) is 90.3 cm³/mol. The van der Waals surface area contributed by atoms with Crippen molar-refractivity contribution in [1.82, 2.24) is 0 Å². The molecule has 0 spiro atoms. The molecule has 0 radical (unpaired) electrons. The maximum absolute atomic E-state index is 11.3. The average Bonchev–Trinajstić information content (AvgIpc) is 2.74. The van der Waals surface area contributed by atoms with Crippen LogP contribution in [-0.4, -0.2) is 11.0 Å². The zero-order valence-corrected chi connectivity index (χ0v) is 14.2. The summed E-state index contributed by atoms with van der Waals surface area (Å²) in [5.74, 6) is -0.340. The molecule has 0 fully saturated rings. The lowest BCUT2D eigenvalue weighted by Crippen LogP contribution is -2.09. The second kappa shape index (κ2) is 5.59. The number of amides is 1. The Hall–Kier alpha value is -0.970. The number of benzene rings is 2. The van der Waals surface area contributed by atoms with Gasteiger partial charge in [0, 0.05) is 23.1 Å². The summed E-state index contributed by atoms with van der Waals surface area (Å²) in [6.45, 7) is 1.33. The summed E-state index contributed by atoms with van der Waals surface area (Å²) in [5, 5.41) is 14.1. The van der Waals surface area contributed by atoms with Crippen molar-refractivity contribution in [2.24, 2.45) is 0 Å². The minimum absolute atomic E-state index is 0.135. The lowest BCUT2D eigenvalue weighted by molar-refractivity contribution is -0.114.